The van der Waals surface area contributed by atoms with Gasteiger partial charge in [0.15, 0.2) is 0 Å². The SMILES string of the molecule is Cc1nc2c(CC(N)=O)cccc2[nH]1. The molecule has 0 aliphatic carbocycles. The Morgan fingerprint density at radius 1 is 1.57 bits per heavy atom. The highest BCUT2D eigenvalue weighted by Crippen LogP contribution is 2.16. The summed E-state index contributed by atoms with van der Waals surface area (Å²) in [7, 11) is 0. The molecule has 4 nitrogen and oxygen atoms in total. The number of primary amides is 1. The molecule has 0 atom stereocenters. The molecule has 0 fully saturated rings. The summed E-state index contributed by atoms with van der Waals surface area (Å²) in [6.07, 6.45) is 0.238. The van der Waals surface area contributed by atoms with Gasteiger partial charge < -0.3 is 10.7 Å². The third-order valence-corrected chi connectivity index (χ3v) is 2.08. The Bertz CT molecular complexity index is 487. The number of nitrogens with two attached hydrogens (primary N) is 1. The molecule has 1 aromatic heterocycles. The van der Waals surface area contributed by atoms with Crippen LogP contribution in [0.5, 0.6) is 0 Å². The summed E-state index contributed by atoms with van der Waals surface area (Å²) in [5.41, 5.74) is 7.80. The van der Waals surface area contributed by atoms with Crippen molar-refractivity contribution in [2.45, 2.75) is 13.3 Å². The maximum Gasteiger partial charge on any atom is 0.221 e. The highest BCUT2D eigenvalue weighted by atomic mass is 16.1. The lowest BCUT2D eigenvalue weighted by atomic mass is 10.1. The fourth-order valence-corrected chi connectivity index (χ4v) is 1.55. The molecule has 14 heavy (non-hydrogen) atoms. The average molecular weight is 189 g/mol. The van der Waals surface area contributed by atoms with Gasteiger partial charge >= 0.3 is 0 Å². The minimum absolute atomic E-state index is 0.238. The molecule has 0 radical (unpaired) electrons. The lowest BCUT2D eigenvalue weighted by molar-refractivity contribution is -0.117. The van der Waals surface area contributed by atoms with Crippen molar-refractivity contribution in [2.75, 3.05) is 0 Å². The smallest absolute Gasteiger partial charge is 0.221 e. The topological polar surface area (TPSA) is 71.8 Å². The molecule has 4 heteroatoms. The summed E-state index contributed by atoms with van der Waals surface area (Å²) in [4.78, 5) is 18.2. The van der Waals surface area contributed by atoms with Gasteiger partial charge in [-0.3, -0.25) is 4.79 Å². The molecular weight excluding hydrogens is 178 g/mol. The Kier molecular flexibility index (Phi) is 1.96. The molecule has 0 bridgehead atoms. The first-order valence-corrected chi connectivity index (χ1v) is 4.39. The number of rotatable bonds is 2. The molecule has 1 aromatic carbocycles. The van der Waals surface area contributed by atoms with E-state index in [2.05, 4.69) is 9.97 Å². The number of para-hydroxylation sites is 1. The van der Waals surface area contributed by atoms with Gasteiger partial charge in [0.1, 0.15) is 5.82 Å². The van der Waals surface area contributed by atoms with Crippen molar-refractivity contribution in [1.29, 1.82) is 0 Å². The zero-order valence-corrected chi connectivity index (χ0v) is 7.87. The van der Waals surface area contributed by atoms with Crippen LogP contribution in [-0.4, -0.2) is 15.9 Å². The van der Waals surface area contributed by atoms with Crippen molar-refractivity contribution >= 4 is 16.9 Å². The van der Waals surface area contributed by atoms with Gasteiger partial charge in [0.05, 0.1) is 17.5 Å². The number of nitrogens with zero attached hydrogens (tertiary/aromatic N) is 1. The van der Waals surface area contributed by atoms with Crippen molar-refractivity contribution in [1.82, 2.24) is 9.97 Å². The number of aromatic nitrogens is 2. The van der Waals surface area contributed by atoms with Crippen molar-refractivity contribution in [2.24, 2.45) is 5.73 Å². The molecule has 1 heterocycles. The van der Waals surface area contributed by atoms with Gasteiger partial charge in [-0.05, 0) is 18.6 Å². The van der Waals surface area contributed by atoms with Gasteiger partial charge in [-0.25, -0.2) is 4.98 Å². The van der Waals surface area contributed by atoms with Crippen LogP contribution in [0, 0.1) is 6.92 Å². The van der Waals surface area contributed by atoms with Crippen LogP contribution in [0.1, 0.15) is 11.4 Å². The van der Waals surface area contributed by atoms with Gasteiger partial charge in [-0.15, -0.1) is 0 Å². The standard InChI is InChI=1S/C10H11N3O/c1-6-12-8-4-2-3-7(5-9(11)14)10(8)13-6/h2-4H,5H2,1H3,(H2,11,14)(H,12,13). The quantitative estimate of drug-likeness (QED) is 0.736. The molecule has 0 spiro atoms. The molecule has 0 saturated carbocycles. The number of carbonyl (C=O) groups is 1. The molecule has 72 valence electrons. The number of aryl methyl sites for hydroxylation is 1. The number of amides is 1. The summed E-state index contributed by atoms with van der Waals surface area (Å²) >= 11 is 0. The lowest BCUT2D eigenvalue weighted by Crippen LogP contribution is -2.13. The molecular formula is C10H11N3O. The van der Waals surface area contributed by atoms with Crippen LogP contribution in [0.15, 0.2) is 18.2 Å². The molecule has 0 unspecified atom stereocenters. The summed E-state index contributed by atoms with van der Waals surface area (Å²) < 4.78 is 0. The third kappa shape index (κ3) is 1.46. The number of carbonyl (C=O) groups excluding carboxylic acids is 1. The Morgan fingerprint density at radius 2 is 2.36 bits per heavy atom. The van der Waals surface area contributed by atoms with Crippen LogP contribution < -0.4 is 5.73 Å². The van der Waals surface area contributed by atoms with E-state index in [0.717, 1.165) is 22.4 Å². The third-order valence-electron chi connectivity index (χ3n) is 2.08. The van der Waals surface area contributed by atoms with E-state index in [1.54, 1.807) is 0 Å². The van der Waals surface area contributed by atoms with Crippen LogP contribution in [-0.2, 0) is 11.2 Å². The number of hydrogen-bond donors (Lipinski definition) is 2. The minimum atomic E-state index is -0.335. The lowest BCUT2D eigenvalue weighted by Gasteiger charge is -1.97. The van der Waals surface area contributed by atoms with E-state index >= 15 is 0 Å². The van der Waals surface area contributed by atoms with Gasteiger partial charge in [0, 0.05) is 0 Å². The predicted molar refractivity (Wildman–Crippen MR) is 53.7 cm³/mol. The highest BCUT2D eigenvalue weighted by Gasteiger charge is 2.06. The van der Waals surface area contributed by atoms with Gasteiger partial charge in [0.2, 0.25) is 5.91 Å². The van der Waals surface area contributed by atoms with Crippen molar-refractivity contribution in [3.05, 3.63) is 29.6 Å². The Morgan fingerprint density at radius 3 is 3.07 bits per heavy atom. The van der Waals surface area contributed by atoms with Gasteiger partial charge in [0.25, 0.3) is 0 Å². The van der Waals surface area contributed by atoms with Crippen molar-refractivity contribution in [3.8, 4) is 0 Å². The van der Waals surface area contributed by atoms with Crippen molar-refractivity contribution < 1.29 is 4.79 Å². The van der Waals surface area contributed by atoms with E-state index in [0.29, 0.717) is 0 Å². The number of imidazole rings is 1. The molecule has 0 aliphatic rings. The largest absolute Gasteiger partial charge is 0.369 e. The van der Waals surface area contributed by atoms with Crippen LogP contribution in [0.4, 0.5) is 0 Å². The second-order valence-corrected chi connectivity index (χ2v) is 3.28. The summed E-state index contributed by atoms with van der Waals surface area (Å²) in [6, 6.07) is 5.69. The number of hydrogen-bond acceptors (Lipinski definition) is 2. The second-order valence-electron chi connectivity index (χ2n) is 3.28. The number of benzene rings is 1. The first-order valence-electron chi connectivity index (χ1n) is 4.39. The summed E-state index contributed by atoms with van der Waals surface area (Å²) in [5.74, 6) is 0.509. The van der Waals surface area contributed by atoms with Crippen molar-refractivity contribution in [3.63, 3.8) is 0 Å². The maximum absolute atomic E-state index is 10.8. The summed E-state index contributed by atoms with van der Waals surface area (Å²) in [5, 5.41) is 0. The molecule has 3 N–H and O–H groups in total. The molecule has 0 aliphatic heterocycles. The average Bonchev–Trinajstić information content (AvgIpc) is 2.45. The van der Waals surface area contributed by atoms with E-state index in [9.17, 15) is 4.79 Å². The number of fused-ring (bicyclic) bond motifs is 1. The first kappa shape index (κ1) is 8.74. The second kappa shape index (κ2) is 3.14. The number of aromatic amines is 1. The monoisotopic (exact) mass is 189 g/mol. The molecule has 2 aromatic rings. The van der Waals surface area contributed by atoms with E-state index in [1.807, 2.05) is 25.1 Å². The molecule has 2 rings (SSSR count). The molecule has 0 saturated heterocycles. The zero-order chi connectivity index (χ0) is 10.1. The zero-order valence-electron chi connectivity index (χ0n) is 7.87. The Hall–Kier alpha value is -1.84. The summed E-state index contributed by atoms with van der Waals surface area (Å²) in [6.45, 7) is 1.88. The van der Waals surface area contributed by atoms with E-state index in [-0.39, 0.29) is 12.3 Å². The van der Waals surface area contributed by atoms with E-state index in [4.69, 9.17) is 5.73 Å². The molecule has 1 amide bonds. The number of nitrogens with one attached hydrogen (secondary N) is 1. The fraction of sp³-hybridized carbons (Fsp3) is 0.200. The van der Waals surface area contributed by atoms with Gasteiger partial charge in [-0.1, -0.05) is 12.1 Å². The number of H-pyrrole nitrogens is 1. The van der Waals surface area contributed by atoms with Crippen LogP contribution >= 0.6 is 0 Å². The predicted octanol–water partition coefficient (Wildman–Crippen LogP) is 0.899. The van der Waals surface area contributed by atoms with Gasteiger partial charge in [-0.2, -0.15) is 0 Å². The van der Waals surface area contributed by atoms with Crippen LogP contribution in [0.25, 0.3) is 11.0 Å². The van der Waals surface area contributed by atoms with Crippen LogP contribution in [0.2, 0.25) is 0 Å². The Balaban J connectivity index is 2.58. The maximum atomic E-state index is 10.8. The normalized spacial score (nSPS) is 10.6. The first-order chi connectivity index (χ1) is 6.66. The fourth-order valence-electron chi connectivity index (χ4n) is 1.55. The van der Waals surface area contributed by atoms with E-state index in [1.165, 1.54) is 0 Å². The van der Waals surface area contributed by atoms with E-state index < -0.39 is 0 Å². The highest BCUT2D eigenvalue weighted by molar-refractivity contribution is 5.85. The Labute approximate surface area is 81.1 Å². The minimum Gasteiger partial charge on any atom is -0.369 e. The van der Waals surface area contributed by atoms with Crippen LogP contribution in [0.3, 0.4) is 0 Å².